The van der Waals surface area contributed by atoms with Gasteiger partial charge < -0.3 is 44.1 Å². The van der Waals surface area contributed by atoms with E-state index in [4.69, 9.17) is 23.7 Å². The molecule has 0 radical (unpaired) electrons. The molecule has 16 rings (SSSR count). The molecule has 0 unspecified atom stereocenters. The van der Waals surface area contributed by atoms with Gasteiger partial charge in [-0.25, -0.2) is 19.2 Å². The number of phenolic OH excluding ortho intramolecular Hbond substituents is 4. The minimum Gasteiger partial charge on any atom is -0.506 e. The first-order valence-corrected chi connectivity index (χ1v) is 33.7. The Morgan fingerprint density at radius 1 is 0.287 bits per heavy atom. The van der Waals surface area contributed by atoms with Crippen molar-refractivity contribution in [3.8, 4) is 45.7 Å². The summed E-state index contributed by atoms with van der Waals surface area (Å²) in [6.07, 6.45) is 0. The van der Waals surface area contributed by atoms with Gasteiger partial charge in [-0.1, -0.05) is 107 Å². The molecule has 25 nitrogen and oxygen atoms in total. The van der Waals surface area contributed by atoms with Crippen molar-refractivity contribution in [2.45, 2.75) is 105 Å². The molecule has 0 aliphatic carbocycles. The summed E-state index contributed by atoms with van der Waals surface area (Å²) in [7, 11) is 0. The van der Waals surface area contributed by atoms with Gasteiger partial charge in [-0.15, -0.1) is 56.2 Å². The van der Waals surface area contributed by atoms with Gasteiger partial charge in [0.1, 0.15) is 89.9 Å². The highest BCUT2D eigenvalue weighted by molar-refractivity contribution is 5.97. The smallest absolute Gasteiger partial charge is 0.338 e. The summed E-state index contributed by atoms with van der Waals surface area (Å²) in [4.78, 5) is 63.7. The van der Waals surface area contributed by atoms with Crippen molar-refractivity contribution >= 4 is 68.0 Å². The lowest BCUT2D eigenvalue weighted by Crippen LogP contribution is -2.29. The van der Waals surface area contributed by atoms with Crippen LogP contribution in [-0.2, 0) is 45.3 Å². The van der Waals surface area contributed by atoms with Gasteiger partial charge in [0.25, 0.3) is 0 Å². The Morgan fingerprint density at radius 2 is 0.495 bits per heavy atom. The van der Waals surface area contributed by atoms with E-state index in [2.05, 4.69) is 83.1 Å². The minimum atomic E-state index is -0.756. The lowest BCUT2D eigenvalue weighted by atomic mass is 9.87. The molecule has 8 aromatic carbocycles. The Labute approximate surface area is 577 Å². The fraction of sp³-hybridized carbons (Fsp3) is 0.316. The number of aromatic nitrogens is 12. The maximum Gasteiger partial charge on any atom is 0.338 e. The lowest BCUT2D eigenvalue weighted by molar-refractivity contribution is -0.0197. The van der Waals surface area contributed by atoms with Crippen LogP contribution in [0.1, 0.15) is 147 Å². The SMILES string of the molecule is CC(C)(C)c1ccc(O)c(-n2n3c4ccc(C(=O)OCC(COCC(COC(=O)c5ccc6c(c5)n5n(-c7cc(C(C)(C)C)ccc7O)n65)COC(=O)c5ccc6c(c5)n5n(-c7cc(C(C)(C)C)ccc7O)n65)COC(=O)c5ccc6c(c5)n5n(-c7cc(C(C)(C)C)ccc7O)n65)cc4n23)c1. The highest BCUT2D eigenvalue weighted by atomic mass is 16.6. The number of rotatable bonds is 20. The van der Waals surface area contributed by atoms with Gasteiger partial charge in [0.05, 0.1) is 73.7 Å². The molecule has 0 saturated carbocycles. The fourth-order valence-corrected chi connectivity index (χ4v) is 13.1. The number of phenols is 4. The topological polar surface area (TPSA) is 250 Å². The number of benzene rings is 8. The van der Waals surface area contributed by atoms with Crippen LogP contribution < -0.4 is 0 Å². The third kappa shape index (κ3) is 10.9. The summed E-state index contributed by atoms with van der Waals surface area (Å²) in [6.45, 7) is 23.9. The lowest BCUT2D eigenvalue weighted by Gasteiger charge is -2.21. The van der Waals surface area contributed by atoms with Crippen molar-refractivity contribution in [2.24, 2.45) is 11.8 Å². The van der Waals surface area contributed by atoms with Gasteiger partial charge in [0.2, 0.25) is 0 Å². The number of aromatic hydroxyl groups is 4. The van der Waals surface area contributed by atoms with Crippen LogP contribution in [0.25, 0.3) is 66.9 Å². The van der Waals surface area contributed by atoms with Gasteiger partial charge in [-0.05, 0) is 165 Å². The Morgan fingerprint density at radius 3 is 0.703 bits per heavy atom. The highest BCUT2D eigenvalue weighted by Crippen LogP contribution is 2.40. The second-order valence-corrected chi connectivity index (χ2v) is 30.8. The molecule has 8 aromatic heterocycles. The van der Waals surface area contributed by atoms with E-state index in [1.54, 1.807) is 97.1 Å². The predicted molar refractivity (Wildman–Crippen MR) is 376 cm³/mol. The third-order valence-corrected chi connectivity index (χ3v) is 19.3. The summed E-state index contributed by atoms with van der Waals surface area (Å²) < 4.78 is 45.3. The Kier molecular flexibility index (Phi) is 14.3. The molecule has 0 aliphatic heterocycles. The summed E-state index contributed by atoms with van der Waals surface area (Å²) >= 11 is 0. The zero-order chi connectivity index (χ0) is 71.0. The molecule has 0 fully saturated rings. The number of hydrogen-bond acceptors (Lipinski definition) is 13. The molecule has 0 atom stereocenters. The summed E-state index contributed by atoms with van der Waals surface area (Å²) in [6, 6.07) is 42.8. The zero-order valence-electron chi connectivity index (χ0n) is 58.1. The molecule has 0 amide bonds. The Bertz CT molecular complexity index is 5170. The van der Waals surface area contributed by atoms with Crippen LogP contribution in [0.2, 0.25) is 0 Å². The van der Waals surface area contributed by atoms with E-state index in [9.17, 15) is 39.6 Å². The standard InChI is InChI=1S/C76H78N12O13/c1-73(2,3)49-17-25-65(89)61(33-49)85-77-53-21-13-45(29-57(53)81(77)85)69(93)98-39-43(40-99-70(94)46-14-22-54-58(30-46)82-78(54)86(82)62-34-50(74(4,5)6)18-26-66(62)90)37-97-38-44(41-100-71(95)47-15-23-55-59(31-47)83-79(55)87(83)63-35-51(75(7,8)9)19-27-67(63)91)42-101-72(96)48-16-24-56-60(32-48)84-80(56)88(84)64-36-52(76(10,11)12)20-28-68(64)92/h13-36,43-44,89-92H,37-42H2,1-12H3. The molecule has 0 aliphatic rings. The van der Waals surface area contributed by atoms with Crippen LogP contribution >= 0.6 is 0 Å². The average molecular weight is 1370 g/mol. The summed E-state index contributed by atoms with van der Waals surface area (Å²) in [5.74, 6) is -3.70. The quantitative estimate of drug-likeness (QED) is 0.0410. The van der Waals surface area contributed by atoms with Crippen LogP contribution in [-0.4, -0.2) is 140 Å². The average Bonchev–Trinajstić information content (AvgIpc) is 1.53. The maximum atomic E-state index is 14.1. The maximum absolute atomic E-state index is 14.1. The van der Waals surface area contributed by atoms with Gasteiger partial charge in [-0.3, -0.25) is 0 Å². The first-order chi connectivity index (χ1) is 47.9. The molecule has 8 heterocycles. The van der Waals surface area contributed by atoms with Crippen molar-refractivity contribution in [3.05, 3.63) is 190 Å². The van der Waals surface area contributed by atoms with Crippen LogP contribution in [0, 0.1) is 11.8 Å². The monoisotopic (exact) mass is 1370 g/mol. The van der Waals surface area contributed by atoms with E-state index < -0.39 is 35.7 Å². The van der Waals surface area contributed by atoms with Crippen molar-refractivity contribution in [2.75, 3.05) is 39.6 Å². The zero-order valence-corrected chi connectivity index (χ0v) is 58.1. The van der Waals surface area contributed by atoms with Crippen LogP contribution in [0.5, 0.6) is 23.0 Å². The number of carbonyl (C=O) groups is 4. The Balaban J connectivity index is 0.647. The highest BCUT2D eigenvalue weighted by Gasteiger charge is 2.34. The van der Waals surface area contributed by atoms with Crippen molar-refractivity contribution in [1.82, 2.24) is 56.2 Å². The summed E-state index contributed by atoms with van der Waals surface area (Å²) in [5.41, 5.74) is 13.0. The summed E-state index contributed by atoms with van der Waals surface area (Å²) in [5, 5.41) is 43.8. The molecule has 16 aromatic rings. The van der Waals surface area contributed by atoms with E-state index in [0.717, 1.165) is 66.4 Å². The first kappa shape index (κ1) is 64.1. The van der Waals surface area contributed by atoms with Crippen LogP contribution in [0.3, 0.4) is 0 Å². The second kappa shape index (κ2) is 22.5. The van der Waals surface area contributed by atoms with Crippen molar-refractivity contribution in [1.29, 1.82) is 0 Å². The molecule has 25 heteroatoms. The van der Waals surface area contributed by atoms with Gasteiger partial charge >= 0.3 is 23.9 Å². The van der Waals surface area contributed by atoms with Crippen molar-refractivity contribution in [3.63, 3.8) is 0 Å². The fourth-order valence-electron chi connectivity index (χ4n) is 13.1. The largest absolute Gasteiger partial charge is 0.506 e. The van der Waals surface area contributed by atoms with Crippen LogP contribution in [0.15, 0.2) is 146 Å². The normalized spacial score (nSPS) is 13.1. The molecule has 0 saturated heterocycles. The molecular formula is C76H78N12O13. The van der Waals surface area contributed by atoms with E-state index in [1.807, 2.05) is 105 Å². The molecule has 0 spiro atoms. The predicted octanol–water partition coefficient (Wildman–Crippen LogP) is 12.6. The molecule has 520 valence electrons. The number of hydrogen-bond donors (Lipinski definition) is 4. The van der Waals surface area contributed by atoms with E-state index in [1.165, 1.54) is 0 Å². The van der Waals surface area contributed by atoms with Gasteiger partial charge in [0.15, 0.2) is 0 Å². The van der Waals surface area contributed by atoms with E-state index in [-0.39, 0.29) is 107 Å². The van der Waals surface area contributed by atoms with Gasteiger partial charge in [-0.2, -0.15) is 0 Å². The van der Waals surface area contributed by atoms with Gasteiger partial charge in [0, 0.05) is 0 Å². The van der Waals surface area contributed by atoms with E-state index >= 15 is 0 Å². The molecule has 4 N–H and O–H groups in total. The number of esters is 4. The molecule has 0 bridgehead atoms. The number of nitrogens with zero attached hydrogens (tertiary/aromatic N) is 12. The first-order valence-electron chi connectivity index (χ1n) is 33.7. The third-order valence-electron chi connectivity index (χ3n) is 19.3. The van der Waals surface area contributed by atoms with E-state index in [0.29, 0.717) is 22.7 Å². The molecule has 101 heavy (non-hydrogen) atoms. The number of carbonyl (C=O) groups excluding carboxylic acids is 4. The number of fused-ring (bicyclic) bond motifs is 16. The second-order valence-electron chi connectivity index (χ2n) is 30.8. The molecular weight excluding hydrogens is 1290 g/mol. The number of ether oxygens (including phenoxy) is 5. The Hall–Kier alpha value is -11.6. The van der Waals surface area contributed by atoms with Crippen LogP contribution in [0.4, 0.5) is 0 Å². The minimum absolute atomic E-state index is 0.100. The van der Waals surface area contributed by atoms with Crippen molar-refractivity contribution < 1.29 is 63.3 Å².